The third-order valence-corrected chi connectivity index (χ3v) is 13.7. The highest BCUT2D eigenvalue weighted by atomic mass is 32.2. The van der Waals surface area contributed by atoms with Gasteiger partial charge in [-0.1, -0.05) is 115 Å². The summed E-state index contributed by atoms with van der Waals surface area (Å²) in [4.78, 5) is 11.0. The summed E-state index contributed by atoms with van der Waals surface area (Å²) in [5.41, 5.74) is 17.7. The molecule has 4 aliphatic rings. The molecule has 0 aliphatic carbocycles. The third-order valence-electron chi connectivity index (χ3n) is 12.5. The minimum Gasteiger partial charge on any atom is -0.310 e. The van der Waals surface area contributed by atoms with Gasteiger partial charge in [-0.3, -0.25) is 4.90 Å². The molecule has 14 rings (SSSR count). The molecule has 246 valence electrons. The average Bonchev–Trinajstić information content (AvgIpc) is 3.75. The molecule has 54 heavy (non-hydrogen) atoms. The number of pyridine rings is 1. The minimum absolute atomic E-state index is 0.0148. The third kappa shape index (κ3) is 3.22. The SMILES string of the molecule is c1ccc(N2c3cccc4c3B(c3cc5c(nc32)B2c3c(cccc3-n3c6ccccc6c6cccc2c63)S5)c2cccc3c5ccccc5n-4c23)cc1. The number of para-hydroxylation sites is 5. The Hall–Kier alpha value is -6.43. The van der Waals surface area contributed by atoms with Gasteiger partial charge in [0, 0.05) is 70.7 Å². The summed E-state index contributed by atoms with van der Waals surface area (Å²) in [6.45, 7) is 0.0519. The monoisotopic (exact) mass is 700 g/mol. The van der Waals surface area contributed by atoms with Crippen molar-refractivity contribution in [3.63, 3.8) is 0 Å². The molecule has 7 heteroatoms. The molecule has 0 atom stereocenters. The van der Waals surface area contributed by atoms with Gasteiger partial charge in [0.2, 0.25) is 0 Å². The lowest BCUT2D eigenvalue weighted by Gasteiger charge is -2.41. The van der Waals surface area contributed by atoms with E-state index < -0.39 is 0 Å². The van der Waals surface area contributed by atoms with Crippen molar-refractivity contribution >= 4 is 119 Å². The molecule has 0 saturated heterocycles. The number of hydrogen-bond donors (Lipinski definition) is 0. The number of fused-ring (bicyclic) bond motifs is 14. The molecule has 4 nitrogen and oxygen atoms in total. The van der Waals surface area contributed by atoms with E-state index in [4.69, 9.17) is 4.98 Å². The maximum absolute atomic E-state index is 5.95. The lowest BCUT2D eigenvalue weighted by atomic mass is 9.33. The van der Waals surface area contributed by atoms with E-state index in [2.05, 4.69) is 172 Å². The second-order valence-corrected chi connectivity index (χ2v) is 16.1. The van der Waals surface area contributed by atoms with Gasteiger partial charge in [0.15, 0.2) is 0 Å². The van der Waals surface area contributed by atoms with Gasteiger partial charge in [-0.15, -0.1) is 0 Å². The van der Waals surface area contributed by atoms with Gasteiger partial charge in [-0.2, -0.15) is 0 Å². The molecule has 0 spiro atoms. The van der Waals surface area contributed by atoms with Crippen molar-refractivity contribution in [1.82, 2.24) is 14.1 Å². The fraction of sp³-hybridized carbons (Fsp3) is 0. The van der Waals surface area contributed by atoms with Gasteiger partial charge in [-0.05, 0) is 81.9 Å². The van der Waals surface area contributed by atoms with Crippen molar-refractivity contribution in [2.75, 3.05) is 4.90 Å². The number of aromatic nitrogens is 3. The average molecular weight is 700 g/mol. The molecule has 0 saturated carbocycles. The number of anilines is 3. The van der Waals surface area contributed by atoms with E-state index in [1.54, 1.807) is 0 Å². The van der Waals surface area contributed by atoms with Gasteiger partial charge in [0.05, 0.1) is 11.0 Å². The Bertz CT molecular complexity index is 3350. The van der Waals surface area contributed by atoms with Crippen LogP contribution in [0.1, 0.15) is 0 Å². The first-order chi connectivity index (χ1) is 26.8. The van der Waals surface area contributed by atoms with E-state index >= 15 is 0 Å². The molecular formula is C47H26B2N4S. The molecular weight excluding hydrogens is 674 g/mol. The van der Waals surface area contributed by atoms with Crippen molar-refractivity contribution in [2.24, 2.45) is 0 Å². The zero-order valence-corrected chi connectivity index (χ0v) is 29.7. The Balaban J connectivity index is 1.11. The molecule has 3 aromatic heterocycles. The minimum atomic E-state index is 0.0148. The fourth-order valence-electron chi connectivity index (χ4n) is 10.6. The molecule has 0 amide bonds. The first-order valence-corrected chi connectivity index (χ1v) is 19.5. The lowest BCUT2D eigenvalue weighted by Crippen LogP contribution is -2.63. The summed E-state index contributed by atoms with van der Waals surface area (Å²) in [7, 11) is 0. The Morgan fingerprint density at radius 2 is 1.02 bits per heavy atom. The standard InChI is InChI=1S/C47H26B2N4S/c1-2-12-27(13-3-1)51-37-22-10-23-38-42(37)48(32-18-8-16-30-28-14-4-6-20-35(28)52(38)44(30)32)34-26-41-46(50-47(34)51)49-33-19-9-17-31-29-15-5-7-21-36(29)53(45(31)33)39-24-11-25-40(54-41)43(39)49/h1-26H. The summed E-state index contributed by atoms with van der Waals surface area (Å²) in [6.07, 6.45) is 0. The zero-order valence-electron chi connectivity index (χ0n) is 28.9. The van der Waals surface area contributed by atoms with Crippen LogP contribution in [-0.4, -0.2) is 27.5 Å². The summed E-state index contributed by atoms with van der Waals surface area (Å²) in [5.74, 6) is 1.02. The molecule has 7 heterocycles. The van der Waals surface area contributed by atoms with Crippen molar-refractivity contribution in [3.05, 3.63) is 158 Å². The normalized spacial score (nSPS) is 14.1. The van der Waals surface area contributed by atoms with Crippen molar-refractivity contribution in [3.8, 4) is 11.4 Å². The highest BCUT2D eigenvalue weighted by Gasteiger charge is 2.46. The van der Waals surface area contributed by atoms with Crippen LogP contribution in [0.2, 0.25) is 0 Å². The van der Waals surface area contributed by atoms with Crippen LogP contribution in [0.5, 0.6) is 0 Å². The second-order valence-electron chi connectivity index (χ2n) is 15.0. The molecule has 0 N–H and O–H groups in total. The van der Waals surface area contributed by atoms with Crippen LogP contribution in [0, 0.1) is 0 Å². The molecule has 0 bridgehead atoms. The van der Waals surface area contributed by atoms with Crippen LogP contribution in [-0.2, 0) is 0 Å². The van der Waals surface area contributed by atoms with Gasteiger partial charge < -0.3 is 9.13 Å². The maximum atomic E-state index is 5.95. The number of rotatable bonds is 1. The van der Waals surface area contributed by atoms with Gasteiger partial charge >= 0.3 is 0 Å². The van der Waals surface area contributed by atoms with Crippen molar-refractivity contribution in [2.45, 2.75) is 9.79 Å². The smallest absolute Gasteiger partial charge is 0.272 e. The number of nitrogens with zero attached hydrogens (tertiary/aromatic N) is 4. The quantitative estimate of drug-likeness (QED) is 0.170. The Kier molecular flexibility index (Phi) is 5.08. The van der Waals surface area contributed by atoms with E-state index in [0.717, 1.165) is 17.1 Å². The van der Waals surface area contributed by atoms with Crippen LogP contribution >= 0.6 is 11.8 Å². The first-order valence-electron chi connectivity index (χ1n) is 18.7. The molecule has 10 aromatic rings. The highest BCUT2D eigenvalue weighted by Crippen LogP contribution is 2.43. The number of hydrogen-bond acceptors (Lipinski definition) is 3. The maximum Gasteiger partial charge on any atom is 0.272 e. The molecule has 4 aliphatic heterocycles. The van der Waals surface area contributed by atoms with E-state index in [1.807, 2.05) is 11.8 Å². The van der Waals surface area contributed by atoms with Crippen molar-refractivity contribution < 1.29 is 0 Å². The molecule has 7 aromatic carbocycles. The van der Waals surface area contributed by atoms with Gasteiger partial charge in [-0.25, -0.2) is 4.98 Å². The summed E-state index contributed by atoms with van der Waals surface area (Å²) in [6, 6.07) is 58.6. The highest BCUT2D eigenvalue weighted by molar-refractivity contribution is 8.00. The van der Waals surface area contributed by atoms with Gasteiger partial charge in [0.1, 0.15) is 5.82 Å². The fourth-order valence-corrected chi connectivity index (χ4v) is 11.7. The van der Waals surface area contributed by atoms with Crippen molar-refractivity contribution in [1.29, 1.82) is 0 Å². The first kappa shape index (κ1) is 28.1. The zero-order chi connectivity index (χ0) is 34.8. The lowest BCUT2D eigenvalue weighted by molar-refractivity contribution is 1.14. The second kappa shape index (κ2) is 9.75. The molecule has 0 fully saturated rings. The summed E-state index contributed by atoms with van der Waals surface area (Å²) in [5, 5.41) is 5.19. The summed E-state index contributed by atoms with van der Waals surface area (Å²) >= 11 is 1.89. The van der Waals surface area contributed by atoms with E-state index in [9.17, 15) is 0 Å². The number of benzene rings is 7. The van der Waals surface area contributed by atoms with Crippen LogP contribution < -0.4 is 37.8 Å². The van der Waals surface area contributed by atoms with Gasteiger partial charge in [0.25, 0.3) is 13.4 Å². The predicted molar refractivity (Wildman–Crippen MR) is 227 cm³/mol. The molecule has 0 radical (unpaired) electrons. The van der Waals surface area contributed by atoms with E-state index in [1.165, 1.54) is 97.8 Å². The van der Waals surface area contributed by atoms with Crippen LogP contribution in [0.15, 0.2) is 168 Å². The topological polar surface area (TPSA) is 26.0 Å². The van der Waals surface area contributed by atoms with Crippen LogP contribution in [0.25, 0.3) is 55.0 Å². The largest absolute Gasteiger partial charge is 0.310 e. The summed E-state index contributed by atoms with van der Waals surface area (Å²) < 4.78 is 5.03. The van der Waals surface area contributed by atoms with Crippen LogP contribution in [0.3, 0.4) is 0 Å². The van der Waals surface area contributed by atoms with Crippen LogP contribution in [0.4, 0.5) is 17.2 Å². The predicted octanol–water partition coefficient (Wildman–Crippen LogP) is 7.18. The Morgan fingerprint density at radius 3 is 1.74 bits per heavy atom. The Labute approximate surface area is 315 Å². The Morgan fingerprint density at radius 1 is 0.444 bits per heavy atom. The van der Waals surface area contributed by atoms with E-state index in [0.29, 0.717) is 0 Å². The van der Waals surface area contributed by atoms with E-state index in [-0.39, 0.29) is 13.4 Å². The molecule has 0 unspecified atom stereocenters.